The average Bonchev–Trinajstić information content (AvgIpc) is 3.15. The van der Waals surface area contributed by atoms with Crippen molar-refractivity contribution in [3.05, 3.63) is 24.3 Å². The van der Waals surface area contributed by atoms with Gasteiger partial charge in [-0.15, -0.1) is 0 Å². The molecule has 2 saturated heterocycles. The molecule has 0 aromatic heterocycles. The van der Waals surface area contributed by atoms with Gasteiger partial charge in [-0.25, -0.2) is 0 Å². The van der Waals surface area contributed by atoms with Crippen LogP contribution in [0.5, 0.6) is 5.75 Å². The Hall–Kier alpha value is -2.08. The molecule has 2 aliphatic rings. The molecule has 0 spiro atoms. The molecular weight excluding hydrogens is 306 g/mol. The highest BCUT2D eigenvalue weighted by atomic mass is 16.5. The zero-order valence-electron chi connectivity index (χ0n) is 14.4. The van der Waals surface area contributed by atoms with Gasteiger partial charge in [-0.05, 0) is 31.9 Å². The summed E-state index contributed by atoms with van der Waals surface area (Å²) in [6, 6.07) is 7.29. The Balaban J connectivity index is 1.66. The molecule has 0 radical (unpaired) electrons. The Bertz CT molecular complexity index is 613. The Morgan fingerprint density at radius 1 is 1.12 bits per heavy atom. The number of piperazine rings is 1. The second-order valence-electron chi connectivity index (χ2n) is 6.40. The number of anilines is 1. The summed E-state index contributed by atoms with van der Waals surface area (Å²) in [4.78, 5) is 30.8. The van der Waals surface area contributed by atoms with Gasteiger partial charge in [0.1, 0.15) is 5.75 Å². The van der Waals surface area contributed by atoms with Gasteiger partial charge in [-0.1, -0.05) is 12.1 Å². The van der Waals surface area contributed by atoms with Crippen LogP contribution in [0.3, 0.4) is 0 Å². The highest BCUT2D eigenvalue weighted by molar-refractivity contribution is 5.97. The molecule has 2 heterocycles. The Labute approximate surface area is 143 Å². The van der Waals surface area contributed by atoms with E-state index in [-0.39, 0.29) is 24.4 Å². The summed E-state index contributed by atoms with van der Waals surface area (Å²) in [5.41, 5.74) is 0.795. The van der Waals surface area contributed by atoms with Crippen LogP contribution >= 0.6 is 0 Å². The van der Waals surface area contributed by atoms with Gasteiger partial charge in [0.2, 0.25) is 11.8 Å². The third kappa shape index (κ3) is 3.24. The third-order valence-electron chi connectivity index (χ3n) is 4.95. The van der Waals surface area contributed by atoms with Crippen LogP contribution in [0.25, 0.3) is 0 Å². The van der Waals surface area contributed by atoms with Gasteiger partial charge in [-0.3, -0.25) is 14.5 Å². The number of ether oxygens (including phenoxy) is 1. The minimum absolute atomic E-state index is 0.00632. The fraction of sp³-hybridized carbons (Fsp3) is 0.556. The molecule has 1 atom stereocenters. The number of carbonyl (C=O) groups excluding carboxylic acids is 2. The van der Waals surface area contributed by atoms with E-state index in [0.29, 0.717) is 18.8 Å². The van der Waals surface area contributed by atoms with Crippen LogP contribution in [-0.4, -0.2) is 67.5 Å². The molecule has 1 aromatic carbocycles. The van der Waals surface area contributed by atoms with E-state index in [1.54, 1.807) is 12.0 Å². The van der Waals surface area contributed by atoms with E-state index in [4.69, 9.17) is 4.74 Å². The van der Waals surface area contributed by atoms with Crippen LogP contribution < -0.4 is 9.64 Å². The molecule has 2 amide bonds. The van der Waals surface area contributed by atoms with E-state index in [2.05, 4.69) is 0 Å². The number of amides is 2. The van der Waals surface area contributed by atoms with Crippen molar-refractivity contribution < 1.29 is 14.3 Å². The molecule has 6 nitrogen and oxygen atoms in total. The van der Waals surface area contributed by atoms with Crippen molar-refractivity contribution in [1.82, 2.24) is 9.80 Å². The minimum Gasteiger partial charge on any atom is -0.495 e. The topological polar surface area (TPSA) is 53.1 Å². The normalized spacial score (nSPS) is 20.3. The van der Waals surface area contributed by atoms with Gasteiger partial charge >= 0.3 is 0 Å². The van der Waals surface area contributed by atoms with E-state index >= 15 is 0 Å². The van der Waals surface area contributed by atoms with Crippen molar-refractivity contribution in [1.29, 1.82) is 0 Å². The summed E-state index contributed by atoms with van der Waals surface area (Å²) in [6.07, 6.45) is 2.16. The van der Waals surface area contributed by atoms with Crippen molar-refractivity contribution >= 4 is 17.5 Å². The molecule has 1 aromatic rings. The van der Waals surface area contributed by atoms with Gasteiger partial charge in [0, 0.05) is 26.2 Å². The summed E-state index contributed by atoms with van der Waals surface area (Å²) in [5, 5.41) is 0. The minimum atomic E-state index is -0.244. The summed E-state index contributed by atoms with van der Waals surface area (Å²) in [6.45, 7) is 5.11. The number of likely N-dealkylation sites (tertiary alicyclic amines) is 1. The molecule has 2 aliphatic heterocycles. The van der Waals surface area contributed by atoms with Crippen LogP contribution in [0.2, 0.25) is 0 Å². The van der Waals surface area contributed by atoms with Gasteiger partial charge in [0.15, 0.2) is 0 Å². The van der Waals surface area contributed by atoms with E-state index in [0.717, 1.165) is 31.6 Å². The standard InChI is InChI=1S/C18H25N3O3/c1-14(18(23)19-9-5-6-10-19)20-11-12-21(17(22)13-20)15-7-3-4-8-16(15)24-2/h3-4,7-8,14H,5-6,9-13H2,1-2H3. The fourth-order valence-electron chi connectivity index (χ4n) is 3.49. The lowest BCUT2D eigenvalue weighted by atomic mass is 10.1. The SMILES string of the molecule is COc1ccccc1N1CCN(C(C)C(=O)N2CCCC2)CC1=O. The first-order valence-corrected chi connectivity index (χ1v) is 8.58. The monoisotopic (exact) mass is 331 g/mol. The summed E-state index contributed by atoms with van der Waals surface area (Å²) < 4.78 is 5.36. The lowest BCUT2D eigenvalue weighted by molar-refractivity contribution is -0.136. The first-order valence-electron chi connectivity index (χ1n) is 8.58. The number of benzene rings is 1. The second kappa shape index (κ2) is 7.21. The maximum Gasteiger partial charge on any atom is 0.241 e. The molecular formula is C18H25N3O3. The number of hydrogen-bond donors (Lipinski definition) is 0. The maximum atomic E-state index is 12.6. The largest absolute Gasteiger partial charge is 0.495 e. The predicted molar refractivity (Wildman–Crippen MR) is 92.2 cm³/mol. The highest BCUT2D eigenvalue weighted by Crippen LogP contribution is 2.29. The molecule has 0 saturated carbocycles. The number of nitrogens with zero attached hydrogens (tertiary/aromatic N) is 3. The van der Waals surface area contributed by atoms with Gasteiger partial charge in [-0.2, -0.15) is 0 Å². The number of rotatable bonds is 4. The fourth-order valence-corrected chi connectivity index (χ4v) is 3.49. The zero-order chi connectivity index (χ0) is 17.1. The van der Waals surface area contributed by atoms with Crippen molar-refractivity contribution in [2.24, 2.45) is 0 Å². The number of para-hydroxylation sites is 2. The van der Waals surface area contributed by atoms with Crippen LogP contribution in [0.4, 0.5) is 5.69 Å². The third-order valence-corrected chi connectivity index (χ3v) is 4.95. The lowest BCUT2D eigenvalue weighted by Gasteiger charge is -2.38. The summed E-state index contributed by atoms with van der Waals surface area (Å²) in [7, 11) is 1.61. The highest BCUT2D eigenvalue weighted by Gasteiger charge is 2.33. The molecule has 0 bridgehead atoms. The van der Waals surface area contributed by atoms with Crippen LogP contribution in [0.1, 0.15) is 19.8 Å². The van der Waals surface area contributed by atoms with Gasteiger partial charge in [0.25, 0.3) is 0 Å². The second-order valence-corrected chi connectivity index (χ2v) is 6.40. The Morgan fingerprint density at radius 2 is 1.83 bits per heavy atom. The average molecular weight is 331 g/mol. The molecule has 24 heavy (non-hydrogen) atoms. The number of hydrogen-bond acceptors (Lipinski definition) is 4. The van der Waals surface area contributed by atoms with E-state index < -0.39 is 0 Å². The number of carbonyl (C=O) groups is 2. The quantitative estimate of drug-likeness (QED) is 0.836. The molecule has 130 valence electrons. The Kier molecular flexibility index (Phi) is 5.04. The van der Waals surface area contributed by atoms with Gasteiger partial charge < -0.3 is 14.5 Å². The first kappa shape index (κ1) is 16.8. The molecule has 0 aliphatic carbocycles. The molecule has 1 unspecified atom stereocenters. The van der Waals surface area contributed by atoms with E-state index in [1.807, 2.05) is 41.0 Å². The maximum absolute atomic E-state index is 12.6. The first-order chi connectivity index (χ1) is 11.6. The number of methoxy groups -OCH3 is 1. The molecule has 0 N–H and O–H groups in total. The smallest absolute Gasteiger partial charge is 0.241 e. The zero-order valence-corrected chi connectivity index (χ0v) is 14.4. The van der Waals surface area contributed by atoms with E-state index in [1.165, 1.54) is 0 Å². The Morgan fingerprint density at radius 3 is 2.50 bits per heavy atom. The summed E-state index contributed by atoms with van der Waals surface area (Å²) in [5.74, 6) is 0.846. The molecule has 3 rings (SSSR count). The van der Waals surface area contributed by atoms with Crippen LogP contribution in [0.15, 0.2) is 24.3 Å². The van der Waals surface area contributed by atoms with Gasteiger partial charge in [0.05, 0.1) is 25.4 Å². The summed E-state index contributed by atoms with van der Waals surface area (Å²) >= 11 is 0. The van der Waals surface area contributed by atoms with Crippen molar-refractivity contribution in [3.8, 4) is 5.75 Å². The van der Waals surface area contributed by atoms with Crippen LogP contribution in [0, 0.1) is 0 Å². The lowest BCUT2D eigenvalue weighted by Crippen LogP contribution is -2.56. The predicted octanol–water partition coefficient (Wildman–Crippen LogP) is 1.35. The molecule has 6 heteroatoms. The van der Waals surface area contributed by atoms with Crippen molar-refractivity contribution in [2.75, 3.05) is 44.7 Å². The van der Waals surface area contributed by atoms with Crippen molar-refractivity contribution in [3.63, 3.8) is 0 Å². The van der Waals surface area contributed by atoms with E-state index in [9.17, 15) is 9.59 Å². The van der Waals surface area contributed by atoms with Crippen molar-refractivity contribution in [2.45, 2.75) is 25.8 Å². The molecule has 2 fully saturated rings. The van der Waals surface area contributed by atoms with Crippen LogP contribution in [-0.2, 0) is 9.59 Å².